The molecule has 1 aliphatic carbocycles. The monoisotopic (exact) mass is 367 g/mol. The lowest BCUT2D eigenvalue weighted by molar-refractivity contribution is 0.103. The van der Waals surface area contributed by atoms with Crippen LogP contribution in [0.5, 0.6) is 5.75 Å². The van der Waals surface area contributed by atoms with Gasteiger partial charge >= 0.3 is 0 Å². The molecule has 1 heterocycles. The summed E-state index contributed by atoms with van der Waals surface area (Å²) >= 11 is 0. The predicted molar refractivity (Wildman–Crippen MR) is 106 cm³/mol. The van der Waals surface area contributed by atoms with Crippen molar-refractivity contribution in [2.75, 3.05) is 13.2 Å². The number of aromatic nitrogens is 1. The lowest BCUT2D eigenvalue weighted by Crippen LogP contribution is -2.32. The van der Waals surface area contributed by atoms with E-state index in [1.165, 1.54) is 0 Å². The minimum Gasteiger partial charge on any atom is -0.493 e. The summed E-state index contributed by atoms with van der Waals surface area (Å²) < 4.78 is 7.88. The number of carbonyl (C=O) groups is 1. The highest BCUT2D eigenvalue weighted by Crippen LogP contribution is 2.45. The zero-order chi connectivity index (χ0) is 18.5. The van der Waals surface area contributed by atoms with E-state index < -0.39 is 0 Å². The molecule has 0 radical (unpaired) electrons. The van der Waals surface area contributed by atoms with Gasteiger partial charge in [0.2, 0.25) is 0 Å². The lowest BCUT2D eigenvalue weighted by Gasteiger charge is -2.33. The number of carbonyl (C=O) groups excluding carboxylic acids is 1. The van der Waals surface area contributed by atoms with Crippen LogP contribution in [0.3, 0.4) is 0 Å². The van der Waals surface area contributed by atoms with Crippen molar-refractivity contribution in [3.8, 4) is 5.75 Å². The lowest BCUT2D eigenvalue weighted by atomic mass is 9.71. The third kappa shape index (κ3) is 2.74. The molecule has 0 bridgehead atoms. The van der Waals surface area contributed by atoms with Crippen LogP contribution < -0.4 is 4.74 Å². The first-order valence-corrected chi connectivity index (χ1v) is 8.97. The fourth-order valence-corrected chi connectivity index (χ4v) is 4.20. The largest absolute Gasteiger partial charge is 0.493 e. The molecule has 0 amide bonds. The van der Waals surface area contributed by atoms with Crippen LogP contribution in [0.2, 0.25) is 0 Å². The molecule has 5 heteroatoms. The SMILES string of the molecule is Cn1c2c(c3ccccc31)C(=O)c1ccc(OCCCO)cc1C2(C)C.O. The van der Waals surface area contributed by atoms with E-state index in [0.29, 0.717) is 13.0 Å². The van der Waals surface area contributed by atoms with E-state index in [0.717, 1.165) is 39.0 Å². The first-order chi connectivity index (χ1) is 12.5. The predicted octanol–water partition coefficient (Wildman–Crippen LogP) is 2.99. The molecule has 0 unspecified atom stereocenters. The average molecular weight is 367 g/mol. The molecule has 0 aliphatic heterocycles. The standard InChI is InChI=1S/C22H23NO3.H2O/c1-22(2)17-13-14(26-12-6-11-24)9-10-15(17)20(25)19-16-7-4-5-8-18(16)23(3)21(19)22;/h4-5,7-10,13,24H,6,11-12H2,1-3H3;1H2. The molecule has 1 aromatic heterocycles. The quantitative estimate of drug-likeness (QED) is 0.720. The molecule has 1 aliphatic rings. The van der Waals surface area contributed by atoms with E-state index in [1.54, 1.807) is 0 Å². The number of aliphatic hydroxyl groups is 1. The number of rotatable bonds is 4. The Labute approximate surface area is 158 Å². The van der Waals surface area contributed by atoms with E-state index in [-0.39, 0.29) is 23.3 Å². The van der Waals surface area contributed by atoms with E-state index in [9.17, 15) is 4.79 Å². The summed E-state index contributed by atoms with van der Waals surface area (Å²) in [6, 6.07) is 13.8. The van der Waals surface area contributed by atoms with Crippen LogP contribution in [0.15, 0.2) is 42.5 Å². The van der Waals surface area contributed by atoms with Crippen LogP contribution in [-0.2, 0) is 12.5 Å². The first kappa shape index (κ1) is 19.1. The van der Waals surface area contributed by atoms with Gasteiger partial charge in [-0.25, -0.2) is 0 Å². The number of ketones is 1. The van der Waals surface area contributed by atoms with Crippen LogP contribution in [-0.4, -0.2) is 34.1 Å². The zero-order valence-electron chi connectivity index (χ0n) is 15.9. The van der Waals surface area contributed by atoms with Crippen LogP contribution in [0, 0.1) is 0 Å². The van der Waals surface area contributed by atoms with Crippen molar-refractivity contribution < 1.29 is 20.1 Å². The van der Waals surface area contributed by atoms with Crippen LogP contribution in [0.25, 0.3) is 10.9 Å². The van der Waals surface area contributed by atoms with Crippen molar-refractivity contribution in [3.05, 3.63) is 64.8 Å². The molecule has 27 heavy (non-hydrogen) atoms. The van der Waals surface area contributed by atoms with Gasteiger partial charge in [-0.2, -0.15) is 0 Å². The van der Waals surface area contributed by atoms with E-state index in [4.69, 9.17) is 9.84 Å². The highest BCUT2D eigenvalue weighted by atomic mass is 16.5. The minimum atomic E-state index is -0.317. The van der Waals surface area contributed by atoms with Crippen molar-refractivity contribution in [1.29, 1.82) is 0 Å². The molecule has 0 saturated heterocycles. The van der Waals surface area contributed by atoms with Crippen molar-refractivity contribution in [2.45, 2.75) is 25.7 Å². The summed E-state index contributed by atoms with van der Waals surface area (Å²) in [4.78, 5) is 13.3. The Balaban J connectivity index is 0.00000210. The fourth-order valence-electron chi connectivity index (χ4n) is 4.20. The van der Waals surface area contributed by atoms with Crippen molar-refractivity contribution in [1.82, 2.24) is 4.57 Å². The topological polar surface area (TPSA) is 83.0 Å². The summed E-state index contributed by atoms with van der Waals surface area (Å²) in [5.74, 6) is 0.813. The second kappa shape index (κ2) is 6.83. The molecule has 0 spiro atoms. The summed E-state index contributed by atoms with van der Waals surface area (Å²) in [6.45, 7) is 4.89. The number of aliphatic hydroxyl groups excluding tert-OH is 1. The van der Waals surface area contributed by atoms with Crippen molar-refractivity contribution in [3.63, 3.8) is 0 Å². The molecule has 0 fully saturated rings. The summed E-state index contributed by atoms with van der Waals surface area (Å²) in [5, 5.41) is 9.95. The second-order valence-corrected chi connectivity index (χ2v) is 7.39. The maximum absolute atomic E-state index is 13.3. The molecule has 142 valence electrons. The Kier molecular flexibility index (Phi) is 4.84. The van der Waals surface area contributed by atoms with Gasteiger partial charge in [0.1, 0.15) is 5.75 Å². The Morgan fingerprint density at radius 3 is 2.63 bits per heavy atom. The number of para-hydroxylation sites is 1. The van der Waals surface area contributed by atoms with Crippen LogP contribution >= 0.6 is 0 Å². The number of benzene rings is 2. The molecule has 4 rings (SSSR count). The van der Waals surface area contributed by atoms with Gasteiger partial charge in [-0.05, 0) is 29.8 Å². The molecule has 0 saturated carbocycles. The molecular weight excluding hydrogens is 342 g/mol. The third-order valence-corrected chi connectivity index (χ3v) is 5.41. The maximum atomic E-state index is 13.3. The minimum absolute atomic E-state index is 0. The first-order valence-electron chi connectivity index (χ1n) is 8.97. The van der Waals surface area contributed by atoms with Gasteiger partial charge in [-0.1, -0.05) is 32.0 Å². The molecule has 0 atom stereocenters. The van der Waals surface area contributed by atoms with Gasteiger partial charge in [-0.3, -0.25) is 4.79 Å². The third-order valence-electron chi connectivity index (χ3n) is 5.41. The van der Waals surface area contributed by atoms with Crippen molar-refractivity contribution >= 4 is 16.7 Å². The van der Waals surface area contributed by atoms with E-state index >= 15 is 0 Å². The molecule has 5 nitrogen and oxygen atoms in total. The van der Waals surface area contributed by atoms with Gasteiger partial charge in [0.15, 0.2) is 5.78 Å². The van der Waals surface area contributed by atoms with Gasteiger partial charge in [0, 0.05) is 47.7 Å². The summed E-state index contributed by atoms with van der Waals surface area (Å²) in [6.07, 6.45) is 0.590. The highest BCUT2D eigenvalue weighted by molar-refractivity contribution is 6.20. The Bertz CT molecular complexity index is 1020. The Morgan fingerprint density at radius 2 is 1.89 bits per heavy atom. The number of nitrogens with zero attached hydrogens (tertiary/aromatic N) is 1. The van der Waals surface area contributed by atoms with E-state index in [1.807, 2.05) is 43.4 Å². The van der Waals surface area contributed by atoms with Crippen molar-refractivity contribution in [2.24, 2.45) is 7.05 Å². The number of ether oxygens (including phenoxy) is 1. The molecular formula is C22H25NO4. The van der Waals surface area contributed by atoms with Gasteiger partial charge < -0.3 is 19.9 Å². The number of hydrogen-bond donors (Lipinski definition) is 1. The number of aryl methyl sites for hydroxylation is 1. The highest BCUT2D eigenvalue weighted by Gasteiger charge is 2.41. The van der Waals surface area contributed by atoms with Gasteiger partial charge in [-0.15, -0.1) is 0 Å². The van der Waals surface area contributed by atoms with Crippen LogP contribution in [0.1, 0.15) is 47.4 Å². The number of hydrogen-bond acceptors (Lipinski definition) is 3. The molecule has 2 aromatic carbocycles. The number of fused-ring (bicyclic) bond motifs is 4. The van der Waals surface area contributed by atoms with Crippen LogP contribution in [0.4, 0.5) is 0 Å². The summed E-state index contributed by atoms with van der Waals surface area (Å²) in [5.41, 5.74) is 4.35. The average Bonchev–Trinajstić information content (AvgIpc) is 2.94. The maximum Gasteiger partial charge on any atom is 0.195 e. The smallest absolute Gasteiger partial charge is 0.195 e. The Morgan fingerprint density at radius 1 is 1.15 bits per heavy atom. The zero-order valence-corrected chi connectivity index (χ0v) is 15.9. The van der Waals surface area contributed by atoms with Gasteiger partial charge in [0.25, 0.3) is 0 Å². The fraction of sp³-hybridized carbons (Fsp3) is 0.318. The Hall–Kier alpha value is -2.63. The normalized spacial score (nSPS) is 14.4. The summed E-state index contributed by atoms with van der Waals surface area (Å²) in [7, 11) is 2.03. The van der Waals surface area contributed by atoms with Gasteiger partial charge in [0.05, 0.1) is 12.2 Å². The molecule has 3 aromatic rings. The van der Waals surface area contributed by atoms with E-state index in [2.05, 4.69) is 24.5 Å². The second-order valence-electron chi connectivity index (χ2n) is 7.39. The molecule has 3 N–H and O–H groups in total.